The standard InChI is InChI=1S/C12H13N5O4S/c1-12(2,16-7-8(6-14-16)17(19)20)11(18)21-15-10(13)9-4-3-5-22-9/h3-7H,1-2H3,(H2,13,15). The van der Waals surface area contributed by atoms with Gasteiger partial charge >= 0.3 is 11.7 Å². The van der Waals surface area contributed by atoms with E-state index in [0.717, 1.165) is 17.1 Å². The quantitative estimate of drug-likeness (QED) is 0.292. The van der Waals surface area contributed by atoms with E-state index in [4.69, 9.17) is 10.6 Å². The zero-order valence-electron chi connectivity index (χ0n) is 11.8. The van der Waals surface area contributed by atoms with Crippen molar-refractivity contribution in [2.24, 2.45) is 10.9 Å². The van der Waals surface area contributed by atoms with Crippen LogP contribution in [0.3, 0.4) is 0 Å². The lowest BCUT2D eigenvalue weighted by Gasteiger charge is -2.20. The van der Waals surface area contributed by atoms with Crippen LogP contribution in [0.4, 0.5) is 5.69 Å². The molecule has 0 aliphatic heterocycles. The maximum absolute atomic E-state index is 12.1. The van der Waals surface area contributed by atoms with Gasteiger partial charge in [-0.3, -0.25) is 10.1 Å². The monoisotopic (exact) mass is 323 g/mol. The Hall–Kier alpha value is -2.75. The van der Waals surface area contributed by atoms with Gasteiger partial charge in [0.1, 0.15) is 12.4 Å². The minimum atomic E-state index is -1.27. The van der Waals surface area contributed by atoms with Crippen LogP contribution in [0.1, 0.15) is 18.7 Å². The summed E-state index contributed by atoms with van der Waals surface area (Å²) >= 11 is 1.35. The maximum atomic E-state index is 12.1. The van der Waals surface area contributed by atoms with Crippen LogP contribution in [0, 0.1) is 10.1 Å². The highest BCUT2D eigenvalue weighted by Gasteiger charge is 2.34. The normalized spacial score (nSPS) is 12.2. The minimum absolute atomic E-state index is 0.0746. The minimum Gasteiger partial charge on any atom is -0.380 e. The number of thiophene rings is 1. The Morgan fingerprint density at radius 1 is 1.59 bits per heavy atom. The van der Waals surface area contributed by atoms with Crippen molar-refractivity contribution in [3.63, 3.8) is 0 Å². The molecule has 0 atom stereocenters. The van der Waals surface area contributed by atoms with E-state index in [1.54, 1.807) is 12.1 Å². The summed E-state index contributed by atoms with van der Waals surface area (Å²) in [7, 11) is 0. The van der Waals surface area contributed by atoms with Gasteiger partial charge in [0.2, 0.25) is 0 Å². The van der Waals surface area contributed by atoms with Gasteiger partial charge in [0.05, 0.1) is 9.80 Å². The van der Waals surface area contributed by atoms with Crippen molar-refractivity contribution in [3.8, 4) is 0 Å². The highest BCUT2D eigenvalue weighted by atomic mass is 32.1. The van der Waals surface area contributed by atoms with Gasteiger partial charge in [-0.1, -0.05) is 11.2 Å². The van der Waals surface area contributed by atoms with Crippen molar-refractivity contribution in [2.75, 3.05) is 0 Å². The van der Waals surface area contributed by atoms with Gasteiger partial charge in [0.25, 0.3) is 0 Å². The van der Waals surface area contributed by atoms with Crippen molar-refractivity contribution in [1.29, 1.82) is 0 Å². The molecule has 0 aliphatic rings. The summed E-state index contributed by atoms with van der Waals surface area (Å²) in [6.45, 7) is 3.01. The van der Waals surface area contributed by atoms with Crippen LogP contribution >= 0.6 is 11.3 Å². The second-order valence-electron chi connectivity index (χ2n) is 4.79. The van der Waals surface area contributed by atoms with Crippen LogP contribution in [0.2, 0.25) is 0 Å². The topological polar surface area (TPSA) is 126 Å². The number of hydrogen-bond acceptors (Lipinski definition) is 7. The third-order valence-corrected chi connectivity index (χ3v) is 3.74. The van der Waals surface area contributed by atoms with Crippen molar-refractivity contribution in [2.45, 2.75) is 19.4 Å². The van der Waals surface area contributed by atoms with Gasteiger partial charge in [-0.15, -0.1) is 11.3 Å². The summed E-state index contributed by atoms with van der Waals surface area (Å²) in [4.78, 5) is 27.6. The maximum Gasteiger partial charge on any atom is 0.361 e. The van der Waals surface area contributed by atoms with Gasteiger partial charge < -0.3 is 10.6 Å². The third-order valence-electron chi connectivity index (χ3n) is 2.85. The number of rotatable bonds is 5. The fourth-order valence-corrected chi connectivity index (χ4v) is 2.10. The molecule has 0 amide bonds. The molecule has 0 fully saturated rings. The fraction of sp³-hybridized carbons (Fsp3) is 0.250. The molecule has 0 radical (unpaired) electrons. The largest absolute Gasteiger partial charge is 0.380 e. The van der Waals surface area contributed by atoms with Crippen molar-refractivity contribution in [1.82, 2.24) is 9.78 Å². The fourth-order valence-electron chi connectivity index (χ4n) is 1.48. The molecule has 2 aromatic heterocycles. The summed E-state index contributed by atoms with van der Waals surface area (Å²) in [6.07, 6.45) is 2.20. The Kier molecular flexibility index (Phi) is 4.22. The van der Waals surface area contributed by atoms with Crippen molar-refractivity contribution < 1.29 is 14.6 Å². The average Bonchev–Trinajstić information content (AvgIpc) is 3.14. The molecule has 0 aromatic carbocycles. The first-order chi connectivity index (χ1) is 10.3. The van der Waals surface area contributed by atoms with E-state index >= 15 is 0 Å². The number of hydrogen-bond donors (Lipinski definition) is 1. The van der Waals surface area contributed by atoms with E-state index < -0.39 is 16.4 Å². The number of amidine groups is 1. The summed E-state index contributed by atoms with van der Waals surface area (Å²) in [5, 5.41) is 19.9. The van der Waals surface area contributed by atoms with Crippen LogP contribution in [0.15, 0.2) is 35.1 Å². The Morgan fingerprint density at radius 2 is 2.32 bits per heavy atom. The zero-order chi connectivity index (χ0) is 16.3. The van der Waals surface area contributed by atoms with Crippen LogP contribution < -0.4 is 5.73 Å². The Balaban J connectivity index is 2.13. The molecule has 0 aliphatic carbocycles. The van der Waals surface area contributed by atoms with Crippen LogP contribution in [-0.2, 0) is 15.2 Å². The molecule has 2 N–H and O–H groups in total. The van der Waals surface area contributed by atoms with Gasteiger partial charge in [-0.05, 0) is 25.3 Å². The summed E-state index contributed by atoms with van der Waals surface area (Å²) in [6, 6.07) is 3.52. The molecule has 2 aromatic rings. The first-order valence-corrected chi connectivity index (χ1v) is 6.98. The summed E-state index contributed by atoms with van der Waals surface area (Å²) < 4.78 is 1.14. The molecule has 116 valence electrons. The molecule has 0 unspecified atom stereocenters. The van der Waals surface area contributed by atoms with E-state index in [1.165, 1.54) is 25.2 Å². The number of nitrogens with two attached hydrogens (primary N) is 1. The Labute approximate surface area is 129 Å². The molecule has 2 heterocycles. The van der Waals surface area contributed by atoms with Crippen LogP contribution in [0.25, 0.3) is 0 Å². The molecule has 0 bridgehead atoms. The molecule has 0 saturated carbocycles. The molecule has 10 heteroatoms. The summed E-state index contributed by atoms with van der Waals surface area (Å²) in [5.41, 5.74) is 4.19. The average molecular weight is 323 g/mol. The number of carbonyl (C=O) groups excluding carboxylic acids is 1. The highest BCUT2D eigenvalue weighted by molar-refractivity contribution is 7.12. The first-order valence-electron chi connectivity index (χ1n) is 6.10. The Morgan fingerprint density at radius 3 is 2.86 bits per heavy atom. The highest BCUT2D eigenvalue weighted by Crippen LogP contribution is 2.20. The molecule has 0 saturated heterocycles. The smallest absolute Gasteiger partial charge is 0.361 e. The Bertz CT molecular complexity index is 720. The lowest BCUT2D eigenvalue weighted by atomic mass is 10.1. The predicted molar refractivity (Wildman–Crippen MR) is 79.3 cm³/mol. The number of nitro groups is 1. The lowest BCUT2D eigenvalue weighted by molar-refractivity contribution is -0.385. The van der Waals surface area contributed by atoms with E-state index in [-0.39, 0.29) is 11.5 Å². The molecule has 2 rings (SSSR count). The van der Waals surface area contributed by atoms with E-state index in [9.17, 15) is 14.9 Å². The molecular formula is C12H13N5O4S. The van der Waals surface area contributed by atoms with Gasteiger partial charge in [-0.2, -0.15) is 5.10 Å². The molecule has 9 nitrogen and oxygen atoms in total. The molecule has 0 spiro atoms. The van der Waals surface area contributed by atoms with E-state index in [2.05, 4.69) is 10.3 Å². The van der Waals surface area contributed by atoms with Crippen LogP contribution in [-0.4, -0.2) is 26.5 Å². The SMILES string of the molecule is CC(C)(C(=O)O/N=C(\N)c1cccs1)n1cc([N+](=O)[O-])cn1. The lowest BCUT2D eigenvalue weighted by Crippen LogP contribution is -2.37. The van der Waals surface area contributed by atoms with E-state index in [1.807, 2.05) is 5.38 Å². The molecule has 22 heavy (non-hydrogen) atoms. The first kappa shape index (κ1) is 15.6. The third kappa shape index (κ3) is 3.11. The second kappa shape index (κ2) is 5.93. The number of aromatic nitrogens is 2. The van der Waals surface area contributed by atoms with Gasteiger partial charge in [0.15, 0.2) is 11.4 Å². The van der Waals surface area contributed by atoms with E-state index in [0.29, 0.717) is 4.88 Å². The van der Waals surface area contributed by atoms with Gasteiger partial charge in [0, 0.05) is 0 Å². The molecular weight excluding hydrogens is 310 g/mol. The number of carbonyl (C=O) groups is 1. The zero-order valence-corrected chi connectivity index (χ0v) is 12.6. The predicted octanol–water partition coefficient (Wildman–Crippen LogP) is 1.45. The number of nitrogens with zero attached hydrogens (tertiary/aromatic N) is 4. The van der Waals surface area contributed by atoms with Crippen LogP contribution in [0.5, 0.6) is 0 Å². The number of oxime groups is 1. The van der Waals surface area contributed by atoms with Crippen molar-refractivity contribution in [3.05, 3.63) is 44.9 Å². The van der Waals surface area contributed by atoms with Gasteiger partial charge in [-0.25, -0.2) is 9.48 Å². The van der Waals surface area contributed by atoms with Crippen molar-refractivity contribution >= 4 is 28.8 Å². The summed E-state index contributed by atoms with van der Waals surface area (Å²) in [5.74, 6) is -0.671. The second-order valence-corrected chi connectivity index (χ2v) is 5.74.